The van der Waals surface area contributed by atoms with Crippen molar-refractivity contribution < 1.29 is 9.59 Å². The van der Waals surface area contributed by atoms with Crippen LogP contribution in [0.3, 0.4) is 0 Å². The number of Topliss-reactive ketones (excluding diaryl/α,β-unsaturated/α-hetero) is 1. The highest BCUT2D eigenvalue weighted by atomic mass is 32.2. The Morgan fingerprint density at radius 3 is 2.57 bits per heavy atom. The number of hydrogen-bond donors (Lipinski definition) is 0. The van der Waals surface area contributed by atoms with Crippen molar-refractivity contribution in [1.29, 1.82) is 0 Å². The third-order valence-corrected chi connectivity index (χ3v) is 5.67. The van der Waals surface area contributed by atoms with Crippen LogP contribution in [0.2, 0.25) is 0 Å². The van der Waals surface area contributed by atoms with Gasteiger partial charge in [-0.3, -0.25) is 14.5 Å². The second-order valence-corrected chi connectivity index (χ2v) is 8.00. The molecule has 1 unspecified atom stereocenters. The van der Waals surface area contributed by atoms with Crippen molar-refractivity contribution in [2.45, 2.75) is 42.3 Å². The number of amides is 1. The monoisotopic (exact) mass is 347 g/mol. The average molecular weight is 347 g/mol. The molecule has 0 saturated heterocycles. The largest absolute Gasteiger partial charge is 0.293 e. The highest BCUT2D eigenvalue weighted by Gasteiger charge is 2.34. The lowest BCUT2D eigenvalue weighted by Crippen LogP contribution is -2.30. The minimum Gasteiger partial charge on any atom is -0.293 e. The molecule has 0 spiro atoms. The Kier molecular flexibility index (Phi) is 4.77. The van der Waals surface area contributed by atoms with Crippen molar-refractivity contribution in [1.82, 2.24) is 10.2 Å². The van der Waals surface area contributed by atoms with Gasteiger partial charge < -0.3 is 0 Å². The first-order chi connectivity index (χ1) is 11.1. The van der Waals surface area contributed by atoms with Gasteiger partial charge in [-0.2, -0.15) is 0 Å². The van der Waals surface area contributed by atoms with E-state index in [1.54, 1.807) is 11.8 Å². The number of hydrogen-bond acceptors (Lipinski definition) is 6. The van der Waals surface area contributed by atoms with E-state index in [2.05, 4.69) is 10.2 Å². The van der Waals surface area contributed by atoms with Crippen LogP contribution in [0.5, 0.6) is 0 Å². The molecule has 0 aliphatic heterocycles. The summed E-state index contributed by atoms with van der Waals surface area (Å²) in [5.41, 5.74) is 0.695. The number of ketones is 1. The lowest BCUT2D eigenvalue weighted by atomic mass is 10.1. The van der Waals surface area contributed by atoms with Gasteiger partial charge in [0.1, 0.15) is 0 Å². The van der Waals surface area contributed by atoms with E-state index in [-0.39, 0.29) is 23.0 Å². The summed E-state index contributed by atoms with van der Waals surface area (Å²) in [6, 6.07) is 9.49. The summed E-state index contributed by atoms with van der Waals surface area (Å²) < 4.78 is 0.712. The number of thioether (sulfide) groups is 1. The summed E-state index contributed by atoms with van der Waals surface area (Å²) >= 11 is 2.76. The van der Waals surface area contributed by atoms with Gasteiger partial charge in [-0.15, -0.1) is 10.2 Å². The minimum absolute atomic E-state index is 0.00592. The van der Waals surface area contributed by atoms with Gasteiger partial charge in [0.15, 0.2) is 10.1 Å². The SMILES string of the molecule is CC(=O)N(c1nnc(SC(C)C(=O)c2ccccc2)s1)C1CC1. The molecule has 1 aromatic heterocycles. The Labute approximate surface area is 143 Å². The molecule has 1 aliphatic carbocycles. The molecule has 1 aliphatic rings. The fourth-order valence-corrected chi connectivity index (χ4v) is 4.45. The van der Waals surface area contributed by atoms with Crippen LogP contribution in [-0.4, -0.2) is 33.2 Å². The summed E-state index contributed by atoms with van der Waals surface area (Å²) in [6.45, 7) is 3.42. The summed E-state index contributed by atoms with van der Waals surface area (Å²) in [5, 5.41) is 8.64. The Balaban J connectivity index is 1.69. The first-order valence-corrected chi connectivity index (χ1v) is 9.15. The molecule has 1 fully saturated rings. The van der Waals surface area contributed by atoms with Crippen LogP contribution in [0.1, 0.15) is 37.0 Å². The number of benzene rings is 1. The van der Waals surface area contributed by atoms with Crippen molar-refractivity contribution in [2.75, 3.05) is 4.90 Å². The summed E-state index contributed by atoms with van der Waals surface area (Å²) in [5.74, 6) is 0.0616. The zero-order valence-electron chi connectivity index (χ0n) is 12.9. The maximum Gasteiger partial charge on any atom is 0.225 e. The first kappa shape index (κ1) is 16.1. The smallest absolute Gasteiger partial charge is 0.225 e. The maximum atomic E-state index is 12.4. The van der Waals surface area contributed by atoms with Crippen LogP contribution >= 0.6 is 23.1 Å². The molecular formula is C16H17N3O2S2. The number of carbonyl (C=O) groups excluding carboxylic acids is 2. The molecule has 0 radical (unpaired) electrons. The molecule has 0 N–H and O–H groups in total. The fourth-order valence-electron chi connectivity index (χ4n) is 2.27. The van der Waals surface area contributed by atoms with E-state index in [0.29, 0.717) is 15.0 Å². The number of carbonyl (C=O) groups is 2. The van der Waals surface area contributed by atoms with E-state index in [9.17, 15) is 9.59 Å². The van der Waals surface area contributed by atoms with E-state index in [4.69, 9.17) is 0 Å². The minimum atomic E-state index is -0.245. The van der Waals surface area contributed by atoms with Crippen molar-refractivity contribution in [3.05, 3.63) is 35.9 Å². The molecule has 1 atom stereocenters. The fraction of sp³-hybridized carbons (Fsp3) is 0.375. The summed E-state index contributed by atoms with van der Waals surface area (Å²) in [4.78, 5) is 25.9. The quantitative estimate of drug-likeness (QED) is 0.455. The van der Waals surface area contributed by atoms with Crippen LogP contribution in [0.15, 0.2) is 34.7 Å². The van der Waals surface area contributed by atoms with Crippen molar-refractivity contribution in [3.8, 4) is 0 Å². The molecule has 1 aromatic carbocycles. The second-order valence-electron chi connectivity index (χ2n) is 5.46. The molecule has 120 valence electrons. The first-order valence-electron chi connectivity index (χ1n) is 7.45. The van der Waals surface area contributed by atoms with Gasteiger partial charge in [0.2, 0.25) is 11.0 Å². The van der Waals surface area contributed by atoms with Crippen molar-refractivity contribution >= 4 is 39.9 Å². The Bertz CT molecular complexity index is 713. The Morgan fingerprint density at radius 2 is 1.96 bits per heavy atom. The second kappa shape index (κ2) is 6.80. The number of rotatable bonds is 6. The normalized spacial score (nSPS) is 15.2. The van der Waals surface area contributed by atoms with Gasteiger partial charge in [0.05, 0.1) is 5.25 Å². The van der Waals surface area contributed by atoms with E-state index < -0.39 is 0 Å². The van der Waals surface area contributed by atoms with Crippen LogP contribution in [0.25, 0.3) is 0 Å². The van der Waals surface area contributed by atoms with E-state index in [1.165, 1.54) is 23.1 Å². The predicted molar refractivity (Wildman–Crippen MR) is 92.2 cm³/mol. The third-order valence-electron chi connectivity index (χ3n) is 3.56. The zero-order valence-corrected chi connectivity index (χ0v) is 14.6. The Hall–Kier alpha value is -1.73. The Morgan fingerprint density at radius 1 is 1.26 bits per heavy atom. The lowest BCUT2D eigenvalue weighted by Gasteiger charge is -2.15. The molecule has 1 heterocycles. The van der Waals surface area contributed by atoms with Crippen LogP contribution < -0.4 is 4.90 Å². The van der Waals surface area contributed by atoms with Crippen molar-refractivity contribution in [3.63, 3.8) is 0 Å². The summed E-state index contributed by atoms with van der Waals surface area (Å²) in [6.07, 6.45) is 2.04. The molecular weight excluding hydrogens is 330 g/mol. The zero-order chi connectivity index (χ0) is 16.4. The molecule has 23 heavy (non-hydrogen) atoms. The highest BCUT2D eigenvalue weighted by Crippen LogP contribution is 2.37. The highest BCUT2D eigenvalue weighted by molar-refractivity contribution is 8.02. The molecule has 1 saturated carbocycles. The topological polar surface area (TPSA) is 63.2 Å². The van der Waals surface area contributed by atoms with Gasteiger partial charge in [-0.25, -0.2) is 0 Å². The third kappa shape index (κ3) is 3.79. The molecule has 2 aromatic rings. The van der Waals surface area contributed by atoms with Crippen LogP contribution in [0, 0.1) is 0 Å². The molecule has 1 amide bonds. The lowest BCUT2D eigenvalue weighted by molar-refractivity contribution is -0.116. The number of nitrogens with zero attached hydrogens (tertiary/aromatic N) is 3. The van der Waals surface area contributed by atoms with E-state index in [0.717, 1.165) is 12.8 Å². The van der Waals surface area contributed by atoms with Gasteiger partial charge >= 0.3 is 0 Å². The van der Waals surface area contributed by atoms with Crippen LogP contribution in [0.4, 0.5) is 5.13 Å². The van der Waals surface area contributed by atoms with Gasteiger partial charge in [0.25, 0.3) is 0 Å². The van der Waals surface area contributed by atoms with Crippen molar-refractivity contribution in [2.24, 2.45) is 0 Å². The number of anilines is 1. The van der Waals surface area contributed by atoms with Gasteiger partial charge in [-0.05, 0) is 19.8 Å². The van der Waals surface area contributed by atoms with E-state index >= 15 is 0 Å². The van der Waals surface area contributed by atoms with Gasteiger partial charge in [0, 0.05) is 18.5 Å². The van der Waals surface area contributed by atoms with Crippen LogP contribution in [-0.2, 0) is 4.79 Å². The molecule has 5 nitrogen and oxygen atoms in total. The summed E-state index contributed by atoms with van der Waals surface area (Å²) in [7, 11) is 0. The standard InChI is InChI=1S/C16H17N3O2S2/c1-10(14(21)12-6-4-3-5-7-12)22-16-18-17-15(23-16)19(11(2)20)13-8-9-13/h3-7,10,13H,8-9H2,1-2H3. The van der Waals surface area contributed by atoms with Gasteiger partial charge in [-0.1, -0.05) is 53.4 Å². The predicted octanol–water partition coefficient (Wildman–Crippen LogP) is 3.42. The number of aromatic nitrogens is 2. The average Bonchev–Trinajstić information content (AvgIpc) is 3.26. The molecule has 3 rings (SSSR count). The molecule has 7 heteroatoms. The van der Waals surface area contributed by atoms with E-state index in [1.807, 2.05) is 37.3 Å². The maximum absolute atomic E-state index is 12.4. The molecule has 0 bridgehead atoms.